The summed E-state index contributed by atoms with van der Waals surface area (Å²) in [5.41, 5.74) is 0. The van der Waals surface area contributed by atoms with Crippen LogP contribution >= 0.6 is 0 Å². The van der Waals surface area contributed by atoms with Crippen molar-refractivity contribution in [2.45, 2.75) is 62.3 Å². The molecule has 0 aliphatic rings. The summed E-state index contributed by atoms with van der Waals surface area (Å²) in [5, 5.41) is 3.02. The quantitative estimate of drug-likeness (QED) is 0.526. The first-order chi connectivity index (χ1) is 5.29. The van der Waals surface area contributed by atoms with Crippen LogP contribution in [0, 0.1) is 0 Å². The SMILES string of the molecule is CCC[CH](CC)[Al]([CH2]C)[CH2]C. The van der Waals surface area contributed by atoms with Crippen molar-refractivity contribution in [3.05, 3.63) is 0 Å². The van der Waals surface area contributed by atoms with E-state index in [0.717, 1.165) is 4.78 Å². The van der Waals surface area contributed by atoms with E-state index in [1.165, 1.54) is 29.8 Å². The highest BCUT2D eigenvalue weighted by Crippen LogP contribution is 2.25. The summed E-state index contributed by atoms with van der Waals surface area (Å²) in [6.45, 7) is 9.46. The van der Waals surface area contributed by atoms with Crippen molar-refractivity contribution in [3.63, 3.8) is 0 Å². The minimum atomic E-state index is -0.325. The Hall–Kier alpha value is 0.532. The van der Waals surface area contributed by atoms with Crippen molar-refractivity contribution in [2.75, 3.05) is 0 Å². The standard InChI is InChI=1S/C6H13.2C2H5.Al/c1-3-5-6-4-2;2*1-2;/h5H,3-4,6H2,1-2H3;2*1H2,2H3;. The minimum absolute atomic E-state index is 0.325. The molecule has 0 spiro atoms. The predicted octanol–water partition coefficient (Wildman–Crippen LogP) is 4.10. The van der Waals surface area contributed by atoms with Gasteiger partial charge in [-0.2, -0.15) is 0 Å². The monoisotopic (exact) mass is 170 g/mol. The van der Waals surface area contributed by atoms with Gasteiger partial charge >= 0.3 is 0 Å². The van der Waals surface area contributed by atoms with Crippen LogP contribution in [0.3, 0.4) is 0 Å². The zero-order valence-electron chi connectivity index (χ0n) is 8.69. The third-order valence-electron chi connectivity index (χ3n) is 2.90. The van der Waals surface area contributed by atoms with E-state index in [4.69, 9.17) is 0 Å². The lowest BCUT2D eigenvalue weighted by molar-refractivity contribution is 0.680. The van der Waals surface area contributed by atoms with Gasteiger partial charge in [0.05, 0.1) is 0 Å². The molecule has 0 saturated carbocycles. The number of rotatable bonds is 6. The predicted molar refractivity (Wildman–Crippen MR) is 55.7 cm³/mol. The molecule has 0 aliphatic carbocycles. The van der Waals surface area contributed by atoms with E-state index in [-0.39, 0.29) is 14.1 Å². The summed E-state index contributed by atoms with van der Waals surface area (Å²) in [6.07, 6.45) is 4.32. The topological polar surface area (TPSA) is 0 Å². The van der Waals surface area contributed by atoms with Gasteiger partial charge in [-0.05, 0) is 0 Å². The molecule has 0 N–H and O–H groups in total. The molecule has 1 unspecified atom stereocenters. The molecule has 11 heavy (non-hydrogen) atoms. The lowest BCUT2D eigenvalue weighted by Gasteiger charge is -2.18. The van der Waals surface area contributed by atoms with Crippen molar-refractivity contribution < 1.29 is 0 Å². The van der Waals surface area contributed by atoms with Gasteiger partial charge in [-0.25, -0.2) is 0 Å². The highest BCUT2D eigenvalue weighted by Gasteiger charge is 2.21. The van der Waals surface area contributed by atoms with Crippen LogP contribution in [-0.2, 0) is 0 Å². The Morgan fingerprint density at radius 1 is 1.00 bits per heavy atom. The normalized spacial score (nSPS) is 13.1. The van der Waals surface area contributed by atoms with E-state index in [1.54, 1.807) is 0 Å². The van der Waals surface area contributed by atoms with Gasteiger partial charge in [0.1, 0.15) is 0 Å². The van der Waals surface area contributed by atoms with Gasteiger partial charge in [-0.1, -0.05) is 62.3 Å². The van der Waals surface area contributed by atoms with Crippen molar-refractivity contribution >= 4 is 14.1 Å². The summed E-state index contributed by atoms with van der Waals surface area (Å²) >= 11 is -0.325. The Labute approximate surface area is 76.8 Å². The van der Waals surface area contributed by atoms with Gasteiger partial charge in [0, 0.05) is 0 Å². The van der Waals surface area contributed by atoms with Gasteiger partial charge < -0.3 is 0 Å². The molecule has 0 aromatic rings. The zero-order chi connectivity index (χ0) is 8.69. The second kappa shape index (κ2) is 7.20. The summed E-state index contributed by atoms with van der Waals surface area (Å²) in [4.78, 5) is 0. The molecule has 0 bridgehead atoms. The van der Waals surface area contributed by atoms with Crippen LogP contribution in [0.5, 0.6) is 0 Å². The summed E-state index contributed by atoms with van der Waals surface area (Å²) < 4.78 is 1.13. The molecule has 0 fully saturated rings. The molecule has 0 saturated heterocycles. The van der Waals surface area contributed by atoms with Crippen LogP contribution in [0.15, 0.2) is 0 Å². The van der Waals surface area contributed by atoms with Gasteiger partial charge in [0.2, 0.25) is 0 Å². The third kappa shape index (κ3) is 4.19. The largest absolute Gasteiger partial charge is 0.264 e. The molecule has 0 radical (unpaired) electrons. The molecular weight excluding hydrogens is 147 g/mol. The Morgan fingerprint density at radius 3 is 1.82 bits per heavy atom. The van der Waals surface area contributed by atoms with Crippen molar-refractivity contribution in [3.8, 4) is 0 Å². The highest BCUT2D eigenvalue weighted by atomic mass is 27.2. The number of hydrogen-bond acceptors (Lipinski definition) is 0. The maximum absolute atomic E-state index is 2.39. The molecular formula is C10H23Al. The van der Waals surface area contributed by atoms with Crippen LogP contribution < -0.4 is 0 Å². The lowest BCUT2D eigenvalue weighted by atomic mass is 10.2. The zero-order valence-corrected chi connectivity index (χ0v) is 9.84. The molecule has 0 nitrogen and oxygen atoms in total. The van der Waals surface area contributed by atoms with Gasteiger partial charge in [-0.3, -0.25) is 0 Å². The smallest absolute Gasteiger partial charge is 0.0965 e. The first-order valence-electron chi connectivity index (χ1n) is 5.29. The highest BCUT2D eigenvalue weighted by molar-refractivity contribution is 6.60. The van der Waals surface area contributed by atoms with Crippen LogP contribution in [0.2, 0.25) is 15.3 Å². The molecule has 0 aromatic heterocycles. The Morgan fingerprint density at radius 2 is 1.55 bits per heavy atom. The molecule has 0 amide bonds. The Bertz CT molecular complexity index is 76.9. The Kier molecular flexibility index (Phi) is 7.54. The molecule has 1 atom stereocenters. The van der Waals surface area contributed by atoms with Crippen molar-refractivity contribution in [1.29, 1.82) is 0 Å². The fourth-order valence-corrected chi connectivity index (χ4v) is 5.48. The second-order valence-corrected chi connectivity index (χ2v) is 7.63. The van der Waals surface area contributed by atoms with Crippen LogP contribution in [0.25, 0.3) is 0 Å². The van der Waals surface area contributed by atoms with Crippen LogP contribution in [0.4, 0.5) is 0 Å². The van der Waals surface area contributed by atoms with Gasteiger partial charge in [0.15, 0.2) is 0 Å². The van der Waals surface area contributed by atoms with E-state index in [0.29, 0.717) is 0 Å². The summed E-state index contributed by atoms with van der Waals surface area (Å²) in [7, 11) is 0. The van der Waals surface area contributed by atoms with Crippen molar-refractivity contribution in [2.24, 2.45) is 0 Å². The average molecular weight is 170 g/mol. The van der Waals surface area contributed by atoms with E-state index in [9.17, 15) is 0 Å². The molecule has 66 valence electrons. The van der Waals surface area contributed by atoms with E-state index in [2.05, 4.69) is 27.7 Å². The first-order valence-corrected chi connectivity index (χ1v) is 7.59. The minimum Gasteiger partial charge on any atom is -0.0965 e. The fourth-order valence-electron chi connectivity index (χ4n) is 2.10. The van der Waals surface area contributed by atoms with Crippen molar-refractivity contribution in [1.82, 2.24) is 0 Å². The van der Waals surface area contributed by atoms with Gasteiger partial charge in [-0.15, -0.1) is 0 Å². The lowest BCUT2D eigenvalue weighted by Crippen LogP contribution is -2.17. The maximum atomic E-state index is 2.39. The third-order valence-corrected chi connectivity index (χ3v) is 7.13. The van der Waals surface area contributed by atoms with Gasteiger partial charge in [0.25, 0.3) is 14.1 Å². The van der Waals surface area contributed by atoms with E-state index >= 15 is 0 Å². The summed E-state index contributed by atoms with van der Waals surface area (Å²) in [6, 6.07) is 0. The average Bonchev–Trinajstić information content (AvgIpc) is 2.05. The number of hydrogen-bond donors (Lipinski definition) is 0. The molecule has 0 heterocycles. The summed E-state index contributed by atoms with van der Waals surface area (Å²) in [5.74, 6) is 0. The van der Waals surface area contributed by atoms with E-state index < -0.39 is 0 Å². The molecule has 0 rings (SSSR count). The molecule has 0 aliphatic heterocycles. The second-order valence-electron chi connectivity index (χ2n) is 3.53. The Balaban J connectivity index is 3.76. The fraction of sp³-hybridized carbons (Fsp3) is 1.00. The van der Waals surface area contributed by atoms with E-state index in [1.807, 2.05) is 0 Å². The van der Waals surface area contributed by atoms with Crippen LogP contribution in [0.1, 0.15) is 47.0 Å². The van der Waals surface area contributed by atoms with Crippen LogP contribution in [-0.4, -0.2) is 14.1 Å². The first kappa shape index (κ1) is 11.5. The maximum Gasteiger partial charge on any atom is 0.264 e. The molecule has 0 aromatic carbocycles. The molecule has 1 heteroatoms.